The number of allylic oxidation sites excluding steroid dienone is 5. The number of carbonyl (C=O) groups excluding carboxylic acids is 1. The molecule has 4 rings (SSSR count). The van der Waals surface area contributed by atoms with Gasteiger partial charge in [0.25, 0.3) is 0 Å². The van der Waals surface area contributed by atoms with E-state index in [2.05, 4.69) is 70.7 Å². The van der Waals surface area contributed by atoms with Gasteiger partial charge in [-0.3, -0.25) is 4.79 Å². The highest BCUT2D eigenvalue weighted by atomic mass is 16.5. The van der Waals surface area contributed by atoms with E-state index in [4.69, 9.17) is 13.9 Å². The average Bonchev–Trinajstić information content (AvgIpc) is 3.41. The van der Waals surface area contributed by atoms with Crippen LogP contribution in [-0.2, 0) is 11.2 Å². The summed E-state index contributed by atoms with van der Waals surface area (Å²) in [5, 5.41) is 0. The minimum atomic E-state index is 0.229. The van der Waals surface area contributed by atoms with E-state index >= 15 is 0 Å². The molecule has 0 N–H and O–H groups in total. The number of unbranched alkanes of at least 4 members (excludes halogenated alkanes) is 1. The predicted octanol–water partition coefficient (Wildman–Crippen LogP) is 11.1. The summed E-state index contributed by atoms with van der Waals surface area (Å²) < 4.78 is 18.6. The van der Waals surface area contributed by atoms with Gasteiger partial charge < -0.3 is 13.9 Å². The Balaban J connectivity index is 1.61. The van der Waals surface area contributed by atoms with Crippen molar-refractivity contribution in [3.63, 3.8) is 0 Å². The fraction of sp³-hybridized carbons (Fsp3) is 0.575. The molecule has 3 atom stereocenters. The molecule has 0 spiro atoms. The van der Waals surface area contributed by atoms with Gasteiger partial charge in [-0.15, -0.1) is 0 Å². The second-order valence-electron chi connectivity index (χ2n) is 13.3. The Hall–Kier alpha value is -3.01. The lowest BCUT2D eigenvalue weighted by Gasteiger charge is -2.25. The molecule has 2 fully saturated rings. The van der Waals surface area contributed by atoms with E-state index in [0.29, 0.717) is 24.2 Å². The summed E-state index contributed by atoms with van der Waals surface area (Å²) in [6, 6.07) is 8.54. The maximum Gasteiger partial charge on any atom is 0.161 e. The van der Waals surface area contributed by atoms with Crippen molar-refractivity contribution >= 4 is 16.9 Å². The van der Waals surface area contributed by atoms with Crippen LogP contribution in [0.15, 0.2) is 53.0 Å². The molecule has 2 saturated carbocycles. The molecular formula is C40H56O4. The van der Waals surface area contributed by atoms with Crippen molar-refractivity contribution in [3.8, 4) is 11.5 Å². The Kier molecular flexibility index (Phi) is 13.0. The van der Waals surface area contributed by atoms with Gasteiger partial charge in [0, 0.05) is 24.3 Å². The van der Waals surface area contributed by atoms with Crippen molar-refractivity contribution in [1.82, 2.24) is 0 Å². The summed E-state index contributed by atoms with van der Waals surface area (Å²) in [6.45, 7) is 13.5. The number of ether oxygens (including phenoxy) is 2. The van der Waals surface area contributed by atoms with Crippen molar-refractivity contribution in [1.29, 1.82) is 0 Å². The summed E-state index contributed by atoms with van der Waals surface area (Å²) in [5.41, 5.74) is 6.17. The number of carbonyl (C=O) groups is 1. The van der Waals surface area contributed by atoms with Crippen molar-refractivity contribution in [2.24, 2.45) is 17.8 Å². The van der Waals surface area contributed by atoms with Crippen LogP contribution in [0.1, 0.15) is 127 Å². The minimum absolute atomic E-state index is 0.229. The quantitative estimate of drug-likeness (QED) is 0.123. The Morgan fingerprint density at radius 1 is 1.07 bits per heavy atom. The summed E-state index contributed by atoms with van der Waals surface area (Å²) in [6.07, 6.45) is 19.4. The Bertz CT molecular complexity index is 1310. The van der Waals surface area contributed by atoms with Crippen LogP contribution in [0, 0.1) is 24.7 Å². The van der Waals surface area contributed by atoms with Crippen LogP contribution in [0.5, 0.6) is 11.5 Å². The molecule has 1 aromatic heterocycles. The lowest BCUT2D eigenvalue weighted by Crippen LogP contribution is -2.22. The predicted molar refractivity (Wildman–Crippen MR) is 183 cm³/mol. The first-order chi connectivity index (χ1) is 21.3. The van der Waals surface area contributed by atoms with Crippen LogP contribution in [0.4, 0.5) is 0 Å². The molecule has 0 amide bonds. The van der Waals surface area contributed by atoms with Gasteiger partial charge in [0.15, 0.2) is 11.5 Å². The number of hydrogen-bond acceptors (Lipinski definition) is 4. The molecule has 2 aliphatic rings. The highest BCUT2D eigenvalue weighted by molar-refractivity contribution is 5.84. The maximum atomic E-state index is 12.4. The number of hydrogen-bond donors (Lipinski definition) is 0. The molecule has 0 radical (unpaired) electrons. The SMILES string of the molecule is C=C1CCCC(COc2cc(C)c(/C(=C\C(=C\CCC)c3ccc(CC)o3)CCCC3CCC(C)C(=O)C3)cc2OC)CC1. The molecule has 44 heavy (non-hydrogen) atoms. The molecule has 0 aliphatic heterocycles. The number of furan rings is 1. The van der Waals surface area contributed by atoms with Crippen LogP contribution >= 0.6 is 0 Å². The monoisotopic (exact) mass is 600 g/mol. The van der Waals surface area contributed by atoms with Gasteiger partial charge in [-0.05, 0) is 136 Å². The molecule has 0 bridgehead atoms. The number of aryl methyl sites for hydroxylation is 2. The van der Waals surface area contributed by atoms with Crippen molar-refractivity contribution < 1.29 is 18.7 Å². The Labute approximate surface area is 267 Å². The average molecular weight is 601 g/mol. The van der Waals surface area contributed by atoms with Crippen molar-refractivity contribution in [3.05, 3.63) is 71.2 Å². The molecule has 2 aromatic rings. The van der Waals surface area contributed by atoms with Crippen LogP contribution < -0.4 is 9.47 Å². The summed E-state index contributed by atoms with van der Waals surface area (Å²) in [5.74, 6) is 5.26. The van der Waals surface area contributed by atoms with E-state index in [1.165, 1.54) is 35.1 Å². The van der Waals surface area contributed by atoms with Crippen LogP contribution in [0.2, 0.25) is 0 Å². The van der Waals surface area contributed by atoms with Gasteiger partial charge in [0.05, 0.1) is 13.7 Å². The Morgan fingerprint density at radius 3 is 2.64 bits per heavy atom. The van der Waals surface area contributed by atoms with Crippen LogP contribution in [0.3, 0.4) is 0 Å². The van der Waals surface area contributed by atoms with E-state index in [1.807, 2.05) is 0 Å². The highest BCUT2D eigenvalue weighted by Gasteiger charge is 2.25. The molecule has 3 unspecified atom stereocenters. The van der Waals surface area contributed by atoms with Gasteiger partial charge in [-0.25, -0.2) is 0 Å². The van der Waals surface area contributed by atoms with Crippen molar-refractivity contribution in [2.45, 2.75) is 118 Å². The topological polar surface area (TPSA) is 48.7 Å². The van der Waals surface area contributed by atoms with Gasteiger partial charge >= 0.3 is 0 Å². The first kappa shape index (κ1) is 33.9. The minimum Gasteiger partial charge on any atom is -0.493 e. The second-order valence-corrected chi connectivity index (χ2v) is 13.3. The summed E-state index contributed by atoms with van der Waals surface area (Å²) >= 11 is 0. The van der Waals surface area contributed by atoms with Gasteiger partial charge in [0.2, 0.25) is 0 Å². The second kappa shape index (κ2) is 16.9. The van der Waals surface area contributed by atoms with E-state index in [0.717, 1.165) is 106 Å². The smallest absolute Gasteiger partial charge is 0.161 e. The number of methoxy groups -OCH3 is 1. The first-order valence-electron chi connectivity index (χ1n) is 17.3. The van der Waals surface area contributed by atoms with Crippen molar-refractivity contribution in [2.75, 3.05) is 13.7 Å². The normalized spacial score (nSPS) is 21.8. The summed E-state index contributed by atoms with van der Waals surface area (Å²) in [7, 11) is 1.74. The number of Topliss-reactive ketones (excluding diaryl/α,β-unsaturated/α-hetero) is 1. The molecule has 4 heteroatoms. The molecule has 4 nitrogen and oxygen atoms in total. The highest BCUT2D eigenvalue weighted by Crippen LogP contribution is 2.39. The van der Waals surface area contributed by atoms with Crippen LogP contribution in [-0.4, -0.2) is 19.5 Å². The zero-order valence-electron chi connectivity index (χ0n) is 28.1. The number of benzene rings is 1. The molecule has 1 heterocycles. The van der Waals surface area contributed by atoms with Gasteiger partial charge in [-0.2, -0.15) is 0 Å². The van der Waals surface area contributed by atoms with Gasteiger partial charge in [0.1, 0.15) is 17.3 Å². The molecule has 2 aliphatic carbocycles. The number of ketones is 1. The zero-order valence-corrected chi connectivity index (χ0v) is 28.1. The molecule has 0 saturated heterocycles. The lowest BCUT2D eigenvalue weighted by molar-refractivity contribution is -0.125. The maximum absolute atomic E-state index is 12.4. The Morgan fingerprint density at radius 2 is 1.91 bits per heavy atom. The fourth-order valence-corrected chi connectivity index (χ4v) is 6.76. The number of rotatable bonds is 14. The molecule has 240 valence electrons. The first-order valence-corrected chi connectivity index (χ1v) is 17.3. The third kappa shape index (κ3) is 9.49. The van der Waals surface area contributed by atoms with E-state index < -0.39 is 0 Å². The molecule has 1 aromatic carbocycles. The largest absolute Gasteiger partial charge is 0.493 e. The zero-order chi connectivity index (χ0) is 31.5. The van der Waals surface area contributed by atoms with E-state index in [1.54, 1.807) is 7.11 Å². The van der Waals surface area contributed by atoms with Crippen LogP contribution in [0.25, 0.3) is 11.1 Å². The lowest BCUT2D eigenvalue weighted by atomic mass is 9.79. The third-order valence-electron chi connectivity index (χ3n) is 9.76. The molecular weight excluding hydrogens is 544 g/mol. The van der Waals surface area contributed by atoms with Gasteiger partial charge in [-0.1, -0.05) is 45.4 Å². The third-order valence-corrected chi connectivity index (χ3v) is 9.76. The summed E-state index contributed by atoms with van der Waals surface area (Å²) in [4.78, 5) is 12.4. The fourth-order valence-electron chi connectivity index (χ4n) is 6.76. The standard InChI is InChI=1S/C40H56O4/c1-7-9-15-34(38-22-21-35(8-2)44-38)25-33(16-11-13-31-20-18-29(4)37(41)24-31)36-26-39(42-6)40(23-30(36)5)43-27-32-14-10-12-28(3)17-19-32/h15,21-23,25-26,29,31-32H,3,7-14,16-20,24,27H2,1-2,4-6H3/b33-25-,34-15-. The van der Waals surface area contributed by atoms with E-state index in [-0.39, 0.29) is 5.92 Å². The van der Waals surface area contributed by atoms with E-state index in [9.17, 15) is 4.79 Å².